The number of nitrogens with zero attached hydrogens (tertiary/aromatic N) is 2. The van der Waals surface area contributed by atoms with Crippen LogP contribution < -0.4 is 16.8 Å². The van der Waals surface area contributed by atoms with Crippen molar-refractivity contribution in [1.29, 1.82) is 0 Å². The smallest absolute Gasteiger partial charge is 0.224 e. The Morgan fingerprint density at radius 3 is 2.62 bits per heavy atom. The zero-order chi connectivity index (χ0) is 12.3. The van der Waals surface area contributed by atoms with Gasteiger partial charge in [-0.25, -0.2) is 9.97 Å². The third kappa shape index (κ3) is 3.08. The van der Waals surface area contributed by atoms with Gasteiger partial charge in [0.15, 0.2) is 0 Å². The standard InChI is InChI=1S/C10H17N5O/c1-6-14-7(11)4-8(15-6)13-5-10(2,3)9(12)16/h4H,5H2,1-3H3,(H2,12,16)(H3,11,13,14,15). The molecule has 0 saturated carbocycles. The fourth-order valence-corrected chi connectivity index (χ4v) is 1.08. The van der Waals surface area contributed by atoms with Crippen molar-refractivity contribution in [2.75, 3.05) is 17.6 Å². The minimum absolute atomic E-state index is 0.362. The Morgan fingerprint density at radius 2 is 2.12 bits per heavy atom. The highest BCUT2D eigenvalue weighted by Crippen LogP contribution is 2.16. The zero-order valence-corrected chi connectivity index (χ0v) is 9.74. The highest BCUT2D eigenvalue weighted by molar-refractivity contribution is 5.80. The molecule has 6 heteroatoms. The molecule has 0 fully saturated rings. The van der Waals surface area contributed by atoms with E-state index in [1.165, 1.54) is 0 Å². The Bertz CT molecular complexity index is 382. The van der Waals surface area contributed by atoms with Gasteiger partial charge in [-0.05, 0) is 20.8 Å². The topological polar surface area (TPSA) is 107 Å². The number of nitrogen functional groups attached to an aromatic ring is 1. The van der Waals surface area contributed by atoms with Gasteiger partial charge in [0.25, 0.3) is 0 Å². The molecule has 0 saturated heterocycles. The Balaban J connectivity index is 2.71. The first-order valence-electron chi connectivity index (χ1n) is 4.96. The number of anilines is 2. The second-order valence-electron chi connectivity index (χ2n) is 4.33. The molecule has 0 aliphatic heterocycles. The number of amides is 1. The van der Waals surface area contributed by atoms with Crippen LogP contribution in [0.3, 0.4) is 0 Å². The molecule has 0 bridgehead atoms. The van der Waals surface area contributed by atoms with E-state index in [0.29, 0.717) is 24.0 Å². The Hall–Kier alpha value is -1.85. The lowest BCUT2D eigenvalue weighted by molar-refractivity contribution is -0.125. The molecule has 0 aromatic carbocycles. The highest BCUT2D eigenvalue weighted by atomic mass is 16.1. The van der Waals surface area contributed by atoms with Gasteiger partial charge >= 0.3 is 0 Å². The average molecular weight is 223 g/mol. The molecular formula is C10H17N5O. The highest BCUT2D eigenvalue weighted by Gasteiger charge is 2.24. The van der Waals surface area contributed by atoms with Crippen LogP contribution in [0.15, 0.2) is 6.07 Å². The molecule has 0 aliphatic rings. The molecule has 0 unspecified atom stereocenters. The van der Waals surface area contributed by atoms with Gasteiger partial charge in [0.1, 0.15) is 17.5 Å². The Kier molecular flexibility index (Phi) is 3.31. The van der Waals surface area contributed by atoms with E-state index in [-0.39, 0.29) is 5.91 Å². The molecule has 5 N–H and O–H groups in total. The van der Waals surface area contributed by atoms with E-state index in [4.69, 9.17) is 11.5 Å². The summed E-state index contributed by atoms with van der Waals surface area (Å²) in [6.45, 7) is 5.68. The van der Waals surface area contributed by atoms with Crippen LogP contribution in [0.5, 0.6) is 0 Å². The number of aromatic nitrogens is 2. The number of carbonyl (C=O) groups is 1. The van der Waals surface area contributed by atoms with Gasteiger partial charge in [0, 0.05) is 12.6 Å². The maximum absolute atomic E-state index is 11.1. The van der Waals surface area contributed by atoms with Crippen molar-refractivity contribution in [1.82, 2.24) is 9.97 Å². The molecule has 1 heterocycles. The third-order valence-corrected chi connectivity index (χ3v) is 2.24. The maximum Gasteiger partial charge on any atom is 0.224 e. The second-order valence-corrected chi connectivity index (χ2v) is 4.33. The molecule has 1 aromatic heterocycles. The molecule has 6 nitrogen and oxygen atoms in total. The molecule has 0 atom stereocenters. The van der Waals surface area contributed by atoms with E-state index in [1.807, 2.05) is 0 Å². The van der Waals surface area contributed by atoms with Crippen LogP contribution in [0.1, 0.15) is 19.7 Å². The van der Waals surface area contributed by atoms with E-state index >= 15 is 0 Å². The molecule has 0 radical (unpaired) electrons. The van der Waals surface area contributed by atoms with Crippen molar-refractivity contribution in [3.8, 4) is 0 Å². The number of hydrogen-bond donors (Lipinski definition) is 3. The lowest BCUT2D eigenvalue weighted by atomic mass is 9.93. The van der Waals surface area contributed by atoms with E-state index in [2.05, 4.69) is 15.3 Å². The zero-order valence-electron chi connectivity index (χ0n) is 9.74. The lowest BCUT2D eigenvalue weighted by Crippen LogP contribution is -2.37. The van der Waals surface area contributed by atoms with Crippen molar-refractivity contribution in [2.45, 2.75) is 20.8 Å². The number of nitrogens with one attached hydrogen (secondary N) is 1. The number of rotatable bonds is 4. The van der Waals surface area contributed by atoms with Gasteiger partial charge in [-0.3, -0.25) is 4.79 Å². The van der Waals surface area contributed by atoms with E-state index in [9.17, 15) is 4.79 Å². The largest absolute Gasteiger partial charge is 0.384 e. The number of nitrogens with two attached hydrogens (primary N) is 2. The fourth-order valence-electron chi connectivity index (χ4n) is 1.08. The van der Waals surface area contributed by atoms with Gasteiger partial charge in [-0.15, -0.1) is 0 Å². The third-order valence-electron chi connectivity index (χ3n) is 2.24. The van der Waals surface area contributed by atoms with Gasteiger partial charge in [0.05, 0.1) is 5.41 Å². The van der Waals surface area contributed by atoms with E-state index < -0.39 is 5.41 Å². The Labute approximate surface area is 94.5 Å². The van der Waals surface area contributed by atoms with Crippen LogP contribution in [0.2, 0.25) is 0 Å². The molecule has 1 rings (SSSR count). The normalized spacial score (nSPS) is 11.2. The summed E-state index contributed by atoms with van der Waals surface area (Å²) in [5.74, 6) is 1.21. The molecular weight excluding hydrogens is 206 g/mol. The predicted octanol–water partition coefficient (Wildman–Crippen LogP) is 0.291. The summed E-state index contributed by atoms with van der Waals surface area (Å²) in [7, 11) is 0. The predicted molar refractivity (Wildman–Crippen MR) is 62.6 cm³/mol. The van der Waals surface area contributed by atoms with Gasteiger partial charge in [-0.1, -0.05) is 0 Å². The minimum Gasteiger partial charge on any atom is -0.384 e. The second kappa shape index (κ2) is 4.34. The monoisotopic (exact) mass is 223 g/mol. The molecule has 0 spiro atoms. The number of aryl methyl sites for hydroxylation is 1. The van der Waals surface area contributed by atoms with Crippen molar-refractivity contribution in [3.05, 3.63) is 11.9 Å². The number of carbonyl (C=O) groups excluding carboxylic acids is 1. The fraction of sp³-hybridized carbons (Fsp3) is 0.500. The van der Waals surface area contributed by atoms with Crippen molar-refractivity contribution >= 4 is 17.5 Å². The summed E-state index contributed by atoms with van der Waals surface area (Å²) in [5.41, 5.74) is 10.2. The van der Waals surface area contributed by atoms with Crippen LogP contribution >= 0.6 is 0 Å². The van der Waals surface area contributed by atoms with Crippen molar-refractivity contribution < 1.29 is 4.79 Å². The van der Waals surface area contributed by atoms with Crippen LogP contribution in [-0.4, -0.2) is 22.4 Å². The minimum atomic E-state index is -0.631. The molecule has 88 valence electrons. The van der Waals surface area contributed by atoms with E-state index in [0.717, 1.165) is 0 Å². The lowest BCUT2D eigenvalue weighted by Gasteiger charge is -2.21. The maximum atomic E-state index is 11.1. The summed E-state index contributed by atoms with van der Waals surface area (Å²) in [4.78, 5) is 19.2. The average Bonchev–Trinajstić information content (AvgIpc) is 2.13. The van der Waals surface area contributed by atoms with Gasteiger partial charge in [0.2, 0.25) is 5.91 Å². The first kappa shape index (κ1) is 12.2. The Morgan fingerprint density at radius 1 is 1.50 bits per heavy atom. The summed E-state index contributed by atoms with van der Waals surface area (Å²) in [6.07, 6.45) is 0. The molecule has 1 amide bonds. The molecule has 1 aromatic rings. The SMILES string of the molecule is Cc1nc(N)cc(NCC(C)(C)C(N)=O)n1. The van der Waals surface area contributed by atoms with Crippen molar-refractivity contribution in [2.24, 2.45) is 11.1 Å². The van der Waals surface area contributed by atoms with E-state index in [1.54, 1.807) is 26.8 Å². The first-order chi connectivity index (χ1) is 7.31. The number of primary amides is 1. The van der Waals surface area contributed by atoms with Crippen LogP contribution in [-0.2, 0) is 4.79 Å². The summed E-state index contributed by atoms with van der Waals surface area (Å²) >= 11 is 0. The van der Waals surface area contributed by atoms with Crippen LogP contribution in [0, 0.1) is 12.3 Å². The van der Waals surface area contributed by atoms with Crippen LogP contribution in [0.4, 0.5) is 11.6 Å². The first-order valence-corrected chi connectivity index (χ1v) is 4.96. The van der Waals surface area contributed by atoms with Gasteiger partial charge in [-0.2, -0.15) is 0 Å². The molecule has 0 aliphatic carbocycles. The quantitative estimate of drug-likeness (QED) is 0.680. The summed E-state index contributed by atoms with van der Waals surface area (Å²) in [6, 6.07) is 1.62. The van der Waals surface area contributed by atoms with Crippen LogP contribution in [0.25, 0.3) is 0 Å². The van der Waals surface area contributed by atoms with Crippen molar-refractivity contribution in [3.63, 3.8) is 0 Å². The molecule has 16 heavy (non-hydrogen) atoms. The number of hydrogen-bond acceptors (Lipinski definition) is 5. The van der Waals surface area contributed by atoms with Gasteiger partial charge < -0.3 is 16.8 Å². The summed E-state index contributed by atoms with van der Waals surface area (Å²) in [5, 5.41) is 3.02. The summed E-state index contributed by atoms with van der Waals surface area (Å²) < 4.78 is 0.